The van der Waals surface area contributed by atoms with Gasteiger partial charge in [0.2, 0.25) is 0 Å². The molecule has 5 nitrogen and oxygen atoms in total. The summed E-state index contributed by atoms with van der Waals surface area (Å²) in [5, 5.41) is 9.16. The lowest BCUT2D eigenvalue weighted by atomic mass is 9.67. The van der Waals surface area contributed by atoms with Crippen molar-refractivity contribution in [2.75, 3.05) is 9.80 Å². The summed E-state index contributed by atoms with van der Waals surface area (Å²) in [6, 6.07) is 154. The zero-order chi connectivity index (χ0) is 76.4. The van der Waals surface area contributed by atoms with Crippen LogP contribution in [0.15, 0.2) is 438 Å². The summed E-state index contributed by atoms with van der Waals surface area (Å²) in [7, 11) is 0. The van der Waals surface area contributed by atoms with E-state index in [9.17, 15) is 0 Å². The summed E-state index contributed by atoms with van der Waals surface area (Å²) in [6.45, 7) is 0. The maximum Gasteiger partial charge on any atom is 0.137 e. The molecule has 18 aromatic carbocycles. The minimum atomic E-state index is -0.495. The topological polar surface area (TPSA) is 45.9 Å². The number of para-hydroxylation sites is 2. The maximum absolute atomic E-state index is 6.78. The molecule has 2 aliphatic carbocycles. The van der Waals surface area contributed by atoms with Crippen LogP contribution in [0.4, 0.5) is 34.1 Å². The van der Waals surface area contributed by atoms with Crippen LogP contribution in [0.3, 0.4) is 0 Å². The Morgan fingerprint density at radius 1 is 0.181 bits per heavy atom. The monoisotopic (exact) mass is 1500 g/mol. The second-order valence-electron chi connectivity index (χ2n) is 30.5. The van der Waals surface area contributed by atoms with Crippen molar-refractivity contribution in [1.82, 2.24) is 0 Å². The SMILES string of the molecule is c1ccc(-c2ccc(N(c3ccc4c(c3)oc3ccccc34)c3ccc4c(c3)sc3cc(C5(c6ccccc6)c6ccccc6-c6ccccc65)ccc34)cc2)cc1.c1ccc(-c2ccc(N(c3ccc4c(c3)oc3ccccc34)c3ccc4oc5cc(C6(c7ccccc7)c7ccccc7-c7ccccc76)ccc5c4c3)cc2)cc1. The number of nitrogens with zero attached hydrogens (tertiary/aromatic N) is 2. The molecule has 4 heterocycles. The molecule has 0 unspecified atom stereocenters. The maximum atomic E-state index is 6.78. The summed E-state index contributed by atoms with van der Waals surface area (Å²) in [4.78, 5) is 4.66. The van der Waals surface area contributed by atoms with Crippen molar-refractivity contribution in [1.29, 1.82) is 0 Å². The molecule has 116 heavy (non-hydrogen) atoms. The minimum absolute atomic E-state index is 0.429. The van der Waals surface area contributed by atoms with E-state index in [4.69, 9.17) is 13.3 Å². The number of anilines is 6. The van der Waals surface area contributed by atoms with Gasteiger partial charge in [-0.05, 0) is 192 Å². The van der Waals surface area contributed by atoms with Gasteiger partial charge in [0.25, 0.3) is 0 Å². The molecular weight excluding hydrogens is 1430 g/mol. The van der Waals surface area contributed by atoms with Gasteiger partial charge in [-0.1, -0.05) is 309 Å². The summed E-state index contributed by atoms with van der Waals surface area (Å²) in [5.41, 5.74) is 30.8. The molecule has 0 saturated heterocycles. The summed E-state index contributed by atoms with van der Waals surface area (Å²) in [5.74, 6) is 0. The Balaban J connectivity index is 0.000000137. The van der Waals surface area contributed by atoms with Gasteiger partial charge < -0.3 is 23.1 Å². The Bertz CT molecular complexity index is 7350. The van der Waals surface area contributed by atoms with E-state index in [1.54, 1.807) is 0 Å². The Morgan fingerprint density at radius 3 is 0.948 bits per heavy atom. The average molecular weight is 1500 g/mol. The third kappa shape index (κ3) is 10.5. The average Bonchev–Trinajstić information content (AvgIpc) is 1.54. The normalized spacial score (nSPS) is 13.0. The lowest BCUT2D eigenvalue weighted by Gasteiger charge is -2.33. The van der Waals surface area contributed by atoms with Crippen LogP contribution in [0.1, 0.15) is 44.5 Å². The smallest absolute Gasteiger partial charge is 0.137 e. The first kappa shape index (κ1) is 66.9. The first-order chi connectivity index (χ1) is 57.5. The molecule has 2 aliphatic rings. The third-order valence-corrected chi connectivity index (χ3v) is 25.4. The molecule has 24 rings (SSSR count). The van der Waals surface area contributed by atoms with Crippen LogP contribution in [0.5, 0.6) is 0 Å². The van der Waals surface area contributed by atoms with Crippen LogP contribution >= 0.6 is 11.3 Å². The number of thiophene rings is 1. The Labute approximate surface area is 674 Å². The molecule has 0 radical (unpaired) electrons. The van der Waals surface area contributed by atoms with Gasteiger partial charge in [-0.25, -0.2) is 0 Å². The van der Waals surface area contributed by atoms with E-state index in [0.717, 1.165) is 99.9 Å². The number of hydrogen-bond donors (Lipinski definition) is 0. The Morgan fingerprint density at radius 2 is 0.483 bits per heavy atom. The molecule has 22 aromatic rings. The molecule has 6 heteroatoms. The second kappa shape index (κ2) is 27.0. The quantitative estimate of drug-likeness (QED) is 0.122. The minimum Gasteiger partial charge on any atom is -0.456 e. The zero-order valence-electron chi connectivity index (χ0n) is 62.9. The number of benzene rings is 18. The first-order valence-electron chi connectivity index (χ1n) is 39.7. The molecule has 0 N–H and O–H groups in total. The lowest BCUT2D eigenvalue weighted by molar-refractivity contribution is 0.665. The van der Waals surface area contributed by atoms with Crippen LogP contribution in [0, 0.1) is 0 Å². The van der Waals surface area contributed by atoms with Gasteiger partial charge in [0.1, 0.15) is 33.5 Å². The van der Waals surface area contributed by atoms with Crippen molar-refractivity contribution in [3.8, 4) is 44.5 Å². The fourth-order valence-corrected chi connectivity index (χ4v) is 20.3. The molecule has 0 bridgehead atoms. The largest absolute Gasteiger partial charge is 0.456 e. The molecular formula is C110H70N2O3S. The van der Waals surface area contributed by atoms with Gasteiger partial charge in [0.15, 0.2) is 0 Å². The highest BCUT2D eigenvalue weighted by Crippen LogP contribution is 2.59. The molecule has 0 saturated carbocycles. The van der Waals surface area contributed by atoms with Crippen molar-refractivity contribution in [3.63, 3.8) is 0 Å². The molecule has 0 spiro atoms. The number of fused-ring (bicyclic) bond motifs is 18. The first-order valence-corrected chi connectivity index (χ1v) is 40.5. The van der Waals surface area contributed by atoms with Gasteiger partial charge in [0.05, 0.1) is 10.8 Å². The predicted octanol–water partition coefficient (Wildman–Crippen LogP) is 30.4. The fraction of sp³-hybridized carbons (Fsp3) is 0.0182. The summed E-state index contributed by atoms with van der Waals surface area (Å²) < 4.78 is 22.1. The zero-order valence-corrected chi connectivity index (χ0v) is 63.8. The molecule has 0 aliphatic heterocycles. The molecule has 544 valence electrons. The third-order valence-electron chi connectivity index (χ3n) is 24.3. The van der Waals surface area contributed by atoms with Gasteiger partial charge in [0, 0.05) is 98.7 Å². The molecule has 4 aromatic heterocycles. The van der Waals surface area contributed by atoms with E-state index in [-0.39, 0.29) is 0 Å². The predicted molar refractivity (Wildman–Crippen MR) is 482 cm³/mol. The van der Waals surface area contributed by atoms with Crippen molar-refractivity contribution >= 4 is 131 Å². The molecule has 0 atom stereocenters. The standard InChI is InChI=1S/C55H35NO2.C55H35NOS/c1-3-13-36(14-4-1)37-23-26-40(27-24-37)56(42-28-31-46-45-19-9-12-22-51(45)57-54(46)35-42)41-29-32-52-48(34-41)47-30-25-39(33-53(47)58-52)55(38-15-5-2-6-16-38)49-20-10-7-17-43(49)44-18-8-11-21-50(44)55;1-3-13-36(14-4-1)37-23-26-40(27-24-37)56(41-28-31-46-45-19-9-12-22-51(45)57-52(46)34-41)42-29-32-48-47-30-25-39(33-53(47)58-54(48)35-42)55(38-15-5-2-6-16-38)49-20-10-7-17-43(49)44-18-8-11-21-50(44)55/h2*1-35H. The van der Waals surface area contributed by atoms with Crippen LogP contribution in [-0.2, 0) is 10.8 Å². The van der Waals surface area contributed by atoms with E-state index >= 15 is 0 Å². The van der Waals surface area contributed by atoms with E-state index < -0.39 is 10.8 Å². The van der Waals surface area contributed by atoms with Gasteiger partial charge in [-0.2, -0.15) is 0 Å². The van der Waals surface area contributed by atoms with E-state index in [2.05, 4.69) is 410 Å². The van der Waals surface area contributed by atoms with Gasteiger partial charge in [-0.3, -0.25) is 0 Å². The van der Waals surface area contributed by atoms with E-state index in [0.29, 0.717) is 0 Å². The highest BCUT2D eigenvalue weighted by molar-refractivity contribution is 7.25. The fourth-order valence-electron chi connectivity index (χ4n) is 19.2. The van der Waals surface area contributed by atoms with E-state index in [1.165, 1.54) is 109 Å². The van der Waals surface area contributed by atoms with Crippen LogP contribution in [-0.4, -0.2) is 0 Å². The number of furan rings is 3. The molecule has 0 fully saturated rings. The Kier molecular flexibility index (Phi) is 15.6. The highest BCUT2D eigenvalue weighted by atomic mass is 32.1. The van der Waals surface area contributed by atoms with E-state index in [1.807, 2.05) is 35.6 Å². The van der Waals surface area contributed by atoms with Crippen molar-refractivity contribution < 1.29 is 13.3 Å². The van der Waals surface area contributed by atoms with Crippen LogP contribution in [0.25, 0.3) is 130 Å². The van der Waals surface area contributed by atoms with Gasteiger partial charge >= 0.3 is 0 Å². The van der Waals surface area contributed by atoms with Crippen molar-refractivity contribution in [2.24, 2.45) is 0 Å². The van der Waals surface area contributed by atoms with Crippen LogP contribution < -0.4 is 9.80 Å². The number of hydrogen-bond acceptors (Lipinski definition) is 6. The van der Waals surface area contributed by atoms with Crippen LogP contribution in [0.2, 0.25) is 0 Å². The van der Waals surface area contributed by atoms with Crippen molar-refractivity contribution in [3.05, 3.63) is 469 Å². The lowest BCUT2D eigenvalue weighted by Crippen LogP contribution is -2.28. The highest BCUT2D eigenvalue weighted by Gasteiger charge is 2.48. The summed E-state index contributed by atoms with van der Waals surface area (Å²) >= 11 is 1.87. The number of rotatable bonds is 12. The van der Waals surface area contributed by atoms with Gasteiger partial charge in [-0.15, -0.1) is 11.3 Å². The Hall–Kier alpha value is -14.8. The summed E-state index contributed by atoms with van der Waals surface area (Å²) in [6.07, 6.45) is 0. The molecule has 0 amide bonds. The second-order valence-corrected chi connectivity index (χ2v) is 31.5. The van der Waals surface area contributed by atoms with Crippen molar-refractivity contribution in [2.45, 2.75) is 10.8 Å².